The van der Waals surface area contributed by atoms with Gasteiger partial charge in [-0.3, -0.25) is 15.0 Å². The van der Waals surface area contributed by atoms with E-state index in [9.17, 15) is 19.8 Å². The van der Waals surface area contributed by atoms with Crippen molar-refractivity contribution in [1.82, 2.24) is 0 Å². The van der Waals surface area contributed by atoms with Gasteiger partial charge in [-0.15, -0.1) is 0 Å². The molecule has 108 valence electrons. The van der Waals surface area contributed by atoms with Crippen molar-refractivity contribution in [1.29, 1.82) is 5.41 Å². The van der Waals surface area contributed by atoms with Gasteiger partial charge in [-0.1, -0.05) is 6.07 Å². The van der Waals surface area contributed by atoms with Crippen LogP contribution >= 0.6 is 0 Å². The van der Waals surface area contributed by atoms with Gasteiger partial charge < -0.3 is 21.3 Å². The zero-order valence-electron chi connectivity index (χ0n) is 11.1. The van der Waals surface area contributed by atoms with Crippen LogP contribution in [0.3, 0.4) is 0 Å². The number of phenols is 1. The van der Waals surface area contributed by atoms with E-state index in [4.69, 9.17) is 11.1 Å². The van der Waals surface area contributed by atoms with Crippen molar-refractivity contribution in [3.05, 3.63) is 46.9 Å². The SMILES string of the molecule is Cc1ccc(O)c(NC2=CC(=O)C(=N)C(C(N)=O)=C2O)c1. The van der Waals surface area contributed by atoms with Gasteiger partial charge in [0.15, 0.2) is 5.76 Å². The average molecular weight is 287 g/mol. The number of rotatable bonds is 3. The minimum atomic E-state index is -1.08. The molecule has 1 aromatic carbocycles. The van der Waals surface area contributed by atoms with Crippen molar-refractivity contribution < 1.29 is 19.8 Å². The van der Waals surface area contributed by atoms with E-state index in [-0.39, 0.29) is 17.1 Å². The molecule has 0 spiro atoms. The number of benzene rings is 1. The Hall–Kier alpha value is -3.09. The number of nitrogens with one attached hydrogen (secondary N) is 2. The summed E-state index contributed by atoms with van der Waals surface area (Å²) in [4.78, 5) is 22.9. The Balaban J connectivity index is 2.46. The van der Waals surface area contributed by atoms with Crippen LogP contribution in [0.15, 0.2) is 41.3 Å². The molecule has 0 atom stereocenters. The number of aliphatic hydroxyl groups excluding tert-OH is 1. The molecule has 0 fully saturated rings. The molecule has 1 amide bonds. The Kier molecular flexibility index (Phi) is 3.49. The third-order valence-electron chi connectivity index (χ3n) is 2.93. The molecule has 0 aliphatic heterocycles. The number of ketones is 1. The minimum Gasteiger partial charge on any atom is -0.506 e. The second-order valence-electron chi connectivity index (χ2n) is 4.53. The Morgan fingerprint density at radius 1 is 1.33 bits per heavy atom. The normalized spacial score (nSPS) is 15.0. The monoisotopic (exact) mass is 287 g/mol. The maximum atomic E-state index is 11.7. The van der Waals surface area contributed by atoms with Crippen molar-refractivity contribution in [3.8, 4) is 5.75 Å². The highest BCUT2D eigenvalue weighted by molar-refractivity contribution is 6.54. The third kappa shape index (κ3) is 2.62. The number of aromatic hydroxyl groups is 1. The van der Waals surface area contributed by atoms with Gasteiger partial charge in [-0.05, 0) is 24.6 Å². The van der Waals surface area contributed by atoms with Crippen LogP contribution in [0.1, 0.15) is 5.56 Å². The van der Waals surface area contributed by atoms with Crippen LogP contribution in [-0.4, -0.2) is 27.6 Å². The first-order valence-electron chi connectivity index (χ1n) is 5.96. The predicted molar refractivity (Wildman–Crippen MR) is 76.1 cm³/mol. The molecule has 0 heterocycles. The number of hydrogen-bond donors (Lipinski definition) is 5. The molecule has 7 nitrogen and oxygen atoms in total. The highest BCUT2D eigenvalue weighted by Gasteiger charge is 2.29. The zero-order valence-corrected chi connectivity index (χ0v) is 11.1. The molecule has 0 saturated carbocycles. The second-order valence-corrected chi connectivity index (χ2v) is 4.53. The van der Waals surface area contributed by atoms with E-state index in [0.29, 0.717) is 0 Å². The number of primary amides is 1. The van der Waals surface area contributed by atoms with Gasteiger partial charge in [0.05, 0.1) is 11.4 Å². The second kappa shape index (κ2) is 5.12. The van der Waals surface area contributed by atoms with E-state index >= 15 is 0 Å². The zero-order chi connectivity index (χ0) is 15.7. The van der Waals surface area contributed by atoms with E-state index in [0.717, 1.165) is 11.6 Å². The summed E-state index contributed by atoms with van der Waals surface area (Å²) >= 11 is 0. The molecule has 0 saturated heterocycles. The van der Waals surface area contributed by atoms with Crippen LogP contribution in [0, 0.1) is 12.3 Å². The van der Waals surface area contributed by atoms with Crippen molar-refractivity contribution in [2.45, 2.75) is 6.92 Å². The topological polar surface area (TPSA) is 136 Å². The Labute approximate surface area is 119 Å². The fourth-order valence-electron chi connectivity index (χ4n) is 1.88. The molecule has 0 bridgehead atoms. The first-order valence-corrected chi connectivity index (χ1v) is 5.96. The summed E-state index contributed by atoms with van der Waals surface area (Å²) < 4.78 is 0. The van der Waals surface area contributed by atoms with Crippen LogP contribution in [0.5, 0.6) is 5.75 Å². The van der Waals surface area contributed by atoms with Gasteiger partial charge in [-0.25, -0.2) is 0 Å². The number of nitrogens with two attached hydrogens (primary N) is 1. The molecular formula is C14H13N3O4. The summed E-state index contributed by atoms with van der Waals surface area (Å²) in [7, 11) is 0. The highest BCUT2D eigenvalue weighted by atomic mass is 16.3. The number of carbonyl (C=O) groups excluding carboxylic acids is 2. The average Bonchev–Trinajstić information content (AvgIpc) is 2.40. The van der Waals surface area contributed by atoms with Crippen LogP contribution in [-0.2, 0) is 9.59 Å². The van der Waals surface area contributed by atoms with Gasteiger partial charge in [0, 0.05) is 6.08 Å². The summed E-state index contributed by atoms with van der Waals surface area (Å²) in [5.41, 5.74) is 4.82. The number of aryl methyl sites for hydroxylation is 1. The lowest BCUT2D eigenvalue weighted by atomic mass is 9.97. The van der Waals surface area contributed by atoms with Crippen LogP contribution < -0.4 is 11.1 Å². The number of amides is 1. The smallest absolute Gasteiger partial charge is 0.254 e. The van der Waals surface area contributed by atoms with Crippen molar-refractivity contribution in [2.75, 3.05) is 5.32 Å². The Morgan fingerprint density at radius 2 is 2.00 bits per heavy atom. The standard InChI is InChI=1S/C14H13N3O4/c1-6-2-3-9(18)7(4-6)17-8-5-10(19)12(15)11(13(8)20)14(16)21/h2-5,15,17-18,20H,1H3,(H2,16,21). The van der Waals surface area contributed by atoms with Gasteiger partial charge >= 0.3 is 0 Å². The number of phenolic OH excluding ortho intramolecular Hbond substituents is 1. The maximum Gasteiger partial charge on any atom is 0.254 e. The van der Waals surface area contributed by atoms with Crippen LogP contribution in [0.2, 0.25) is 0 Å². The first kappa shape index (κ1) is 14.3. The van der Waals surface area contributed by atoms with E-state index in [2.05, 4.69) is 5.32 Å². The van der Waals surface area contributed by atoms with Gasteiger partial charge in [0.25, 0.3) is 5.91 Å². The number of allylic oxidation sites excluding steroid dienone is 1. The molecule has 7 heteroatoms. The highest BCUT2D eigenvalue weighted by Crippen LogP contribution is 2.28. The largest absolute Gasteiger partial charge is 0.506 e. The number of hydrogen-bond acceptors (Lipinski definition) is 6. The fourth-order valence-corrected chi connectivity index (χ4v) is 1.88. The molecule has 0 radical (unpaired) electrons. The van der Waals surface area contributed by atoms with Gasteiger partial charge in [0.2, 0.25) is 5.78 Å². The Bertz CT molecular complexity index is 732. The summed E-state index contributed by atoms with van der Waals surface area (Å²) in [5, 5.41) is 29.8. The van der Waals surface area contributed by atoms with E-state index in [1.165, 1.54) is 6.07 Å². The third-order valence-corrected chi connectivity index (χ3v) is 2.93. The first-order chi connectivity index (χ1) is 9.81. The molecule has 0 aromatic heterocycles. The molecule has 2 rings (SSSR count). The molecule has 1 aromatic rings. The molecule has 6 N–H and O–H groups in total. The van der Waals surface area contributed by atoms with Crippen LogP contribution in [0.25, 0.3) is 0 Å². The lowest BCUT2D eigenvalue weighted by Crippen LogP contribution is -2.31. The summed E-state index contributed by atoms with van der Waals surface area (Å²) in [6.07, 6.45) is 0.964. The van der Waals surface area contributed by atoms with Crippen molar-refractivity contribution in [3.63, 3.8) is 0 Å². The molecule has 1 aliphatic rings. The van der Waals surface area contributed by atoms with E-state index in [1.54, 1.807) is 19.1 Å². The fraction of sp³-hybridized carbons (Fsp3) is 0.0714. The summed E-state index contributed by atoms with van der Waals surface area (Å²) in [6, 6.07) is 4.72. The van der Waals surface area contributed by atoms with E-state index in [1.807, 2.05) is 0 Å². The molecular weight excluding hydrogens is 274 g/mol. The van der Waals surface area contributed by atoms with Crippen molar-refractivity contribution >= 4 is 23.1 Å². The number of anilines is 1. The molecule has 21 heavy (non-hydrogen) atoms. The predicted octanol–water partition coefficient (Wildman–Crippen LogP) is 0.896. The summed E-state index contributed by atoms with van der Waals surface area (Å²) in [6.45, 7) is 1.80. The lowest BCUT2D eigenvalue weighted by Gasteiger charge is -2.18. The minimum absolute atomic E-state index is 0.0944. The number of aliphatic hydroxyl groups is 1. The maximum absolute atomic E-state index is 11.7. The lowest BCUT2D eigenvalue weighted by molar-refractivity contribution is -0.115. The quantitative estimate of drug-likeness (QED) is 0.415. The molecule has 1 aliphatic carbocycles. The summed E-state index contributed by atoms with van der Waals surface area (Å²) in [5.74, 6) is -2.54. The van der Waals surface area contributed by atoms with Gasteiger partial charge in [-0.2, -0.15) is 0 Å². The van der Waals surface area contributed by atoms with Crippen LogP contribution in [0.4, 0.5) is 5.69 Å². The van der Waals surface area contributed by atoms with E-state index < -0.39 is 28.7 Å². The number of carbonyl (C=O) groups is 2. The van der Waals surface area contributed by atoms with Gasteiger partial charge in [0.1, 0.15) is 17.0 Å². The Morgan fingerprint density at radius 3 is 2.62 bits per heavy atom. The molecule has 0 unspecified atom stereocenters. The van der Waals surface area contributed by atoms with Crippen molar-refractivity contribution in [2.24, 2.45) is 5.73 Å².